The van der Waals surface area contributed by atoms with Crippen LogP contribution in [0.15, 0.2) is 59.3 Å². The molecule has 2 aromatic heterocycles. The van der Waals surface area contributed by atoms with Gasteiger partial charge in [-0.25, -0.2) is 0 Å². The number of aromatic nitrogens is 4. The van der Waals surface area contributed by atoms with E-state index < -0.39 is 0 Å². The lowest BCUT2D eigenvalue weighted by atomic mass is 10.2. The van der Waals surface area contributed by atoms with Gasteiger partial charge in [-0.1, -0.05) is 27.3 Å². The van der Waals surface area contributed by atoms with E-state index in [4.69, 9.17) is 4.74 Å². The van der Waals surface area contributed by atoms with E-state index in [1.807, 2.05) is 42.5 Å². The number of benzene rings is 2. The first-order valence-corrected chi connectivity index (χ1v) is 9.83. The standard InChI is InChI=1S/C19H14BrN5O2S/c1-27-16-8-5-14(20)10-13(16)4-9-17(26)22-15-6-2-12(3-7-15)18-24-25-11-21-23-19(25)28-18/h2-11H,1H3,(H,22,26). The first kappa shape index (κ1) is 18.3. The number of amides is 1. The molecule has 0 aliphatic rings. The number of halogens is 1. The molecule has 2 aromatic carbocycles. The summed E-state index contributed by atoms with van der Waals surface area (Å²) >= 11 is 4.87. The molecular weight excluding hydrogens is 442 g/mol. The highest BCUT2D eigenvalue weighted by Gasteiger charge is 2.08. The van der Waals surface area contributed by atoms with E-state index >= 15 is 0 Å². The van der Waals surface area contributed by atoms with Gasteiger partial charge < -0.3 is 10.1 Å². The third-order valence-electron chi connectivity index (χ3n) is 3.89. The zero-order valence-corrected chi connectivity index (χ0v) is 17.1. The highest BCUT2D eigenvalue weighted by Crippen LogP contribution is 2.26. The Bertz CT molecular complexity index is 1140. The average molecular weight is 456 g/mol. The number of hydrogen-bond donors (Lipinski definition) is 1. The maximum atomic E-state index is 12.2. The van der Waals surface area contributed by atoms with Gasteiger partial charge in [0.05, 0.1) is 7.11 Å². The highest BCUT2D eigenvalue weighted by atomic mass is 79.9. The van der Waals surface area contributed by atoms with Crippen molar-refractivity contribution in [2.75, 3.05) is 12.4 Å². The minimum atomic E-state index is -0.228. The van der Waals surface area contributed by atoms with Gasteiger partial charge in [-0.15, -0.1) is 10.2 Å². The van der Waals surface area contributed by atoms with Gasteiger partial charge in [-0.2, -0.15) is 9.61 Å². The Morgan fingerprint density at radius 2 is 2.07 bits per heavy atom. The predicted octanol–water partition coefficient (Wildman–Crippen LogP) is 4.28. The van der Waals surface area contributed by atoms with Crippen molar-refractivity contribution in [3.8, 4) is 16.3 Å². The van der Waals surface area contributed by atoms with Gasteiger partial charge in [-0.05, 0) is 48.5 Å². The normalized spacial score (nSPS) is 11.2. The number of carbonyl (C=O) groups is 1. The van der Waals surface area contributed by atoms with Crippen LogP contribution in [0, 0.1) is 0 Å². The lowest BCUT2D eigenvalue weighted by Gasteiger charge is -2.05. The molecule has 28 heavy (non-hydrogen) atoms. The Balaban J connectivity index is 1.45. The lowest BCUT2D eigenvalue weighted by molar-refractivity contribution is -0.111. The Morgan fingerprint density at radius 1 is 1.25 bits per heavy atom. The SMILES string of the molecule is COc1ccc(Br)cc1C=CC(=O)Nc1ccc(-c2nn3cnnc3s2)cc1. The van der Waals surface area contributed by atoms with Gasteiger partial charge in [0.1, 0.15) is 17.1 Å². The van der Waals surface area contributed by atoms with Gasteiger partial charge in [0.15, 0.2) is 0 Å². The molecular formula is C19H14BrN5O2S. The summed E-state index contributed by atoms with van der Waals surface area (Å²) in [6.07, 6.45) is 4.75. The number of hydrogen-bond acceptors (Lipinski definition) is 6. The highest BCUT2D eigenvalue weighted by molar-refractivity contribution is 9.10. The number of nitrogens with zero attached hydrogens (tertiary/aromatic N) is 4. The zero-order chi connectivity index (χ0) is 19.5. The molecule has 9 heteroatoms. The molecule has 0 radical (unpaired) electrons. The fourth-order valence-electron chi connectivity index (χ4n) is 2.56. The summed E-state index contributed by atoms with van der Waals surface area (Å²) in [5.41, 5.74) is 2.45. The number of methoxy groups -OCH3 is 1. The van der Waals surface area contributed by atoms with Crippen LogP contribution in [0.2, 0.25) is 0 Å². The van der Waals surface area contributed by atoms with Gasteiger partial charge in [-0.3, -0.25) is 4.79 Å². The molecule has 4 aromatic rings. The predicted molar refractivity (Wildman–Crippen MR) is 112 cm³/mol. The molecule has 140 valence electrons. The van der Waals surface area contributed by atoms with E-state index in [0.717, 1.165) is 25.6 Å². The molecule has 2 heterocycles. The first-order valence-electron chi connectivity index (χ1n) is 8.22. The third-order valence-corrected chi connectivity index (χ3v) is 5.35. The van der Waals surface area contributed by atoms with Crippen molar-refractivity contribution in [2.24, 2.45) is 0 Å². The fraction of sp³-hybridized carbons (Fsp3) is 0.0526. The van der Waals surface area contributed by atoms with Gasteiger partial charge in [0, 0.05) is 27.4 Å². The van der Waals surface area contributed by atoms with Crippen LogP contribution < -0.4 is 10.1 Å². The summed E-state index contributed by atoms with van der Waals surface area (Å²) in [6, 6.07) is 13.1. The second-order valence-electron chi connectivity index (χ2n) is 5.75. The molecule has 0 unspecified atom stereocenters. The van der Waals surface area contributed by atoms with E-state index in [9.17, 15) is 4.79 Å². The summed E-state index contributed by atoms with van der Waals surface area (Å²) in [4.78, 5) is 13.0. The van der Waals surface area contributed by atoms with Gasteiger partial charge in [0.2, 0.25) is 10.9 Å². The molecule has 0 saturated carbocycles. The minimum absolute atomic E-state index is 0.228. The van der Waals surface area contributed by atoms with Crippen molar-refractivity contribution in [1.82, 2.24) is 19.8 Å². The van der Waals surface area contributed by atoms with Crippen LogP contribution in [-0.4, -0.2) is 32.8 Å². The van der Waals surface area contributed by atoms with E-state index in [0.29, 0.717) is 11.4 Å². The summed E-state index contributed by atoms with van der Waals surface area (Å²) in [5, 5.41) is 15.9. The summed E-state index contributed by atoms with van der Waals surface area (Å²) in [6.45, 7) is 0. The van der Waals surface area contributed by atoms with E-state index in [1.165, 1.54) is 17.4 Å². The van der Waals surface area contributed by atoms with Crippen molar-refractivity contribution in [3.63, 3.8) is 0 Å². The maximum absolute atomic E-state index is 12.2. The molecule has 0 fully saturated rings. The van der Waals surface area contributed by atoms with Crippen molar-refractivity contribution in [1.29, 1.82) is 0 Å². The van der Waals surface area contributed by atoms with Crippen LogP contribution in [0.3, 0.4) is 0 Å². The molecule has 1 N–H and O–H groups in total. The summed E-state index contributed by atoms with van der Waals surface area (Å²) in [7, 11) is 1.60. The van der Waals surface area contributed by atoms with Crippen molar-refractivity contribution in [2.45, 2.75) is 0 Å². The van der Waals surface area contributed by atoms with Crippen LogP contribution in [-0.2, 0) is 4.79 Å². The molecule has 7 nitrogen and oxygen atoms in total. The molecule has 0 saturated heterocycles. The van der Waals surface area contributed by atoms with Gasteiger partial charge in [0.25, 0.3) is 0 Å². The van der Waals surface area contributed by atoms with Crippen molar-refractivity contribution >= 4 is 49.9 Å². The van der Waals surface area contributed by atoms with Crippen LogP contribution in [0.4, 0.5) is 5.69 Å². The van der Waals surface area contributed by atoms with Crippen LogP contribution >= 0.6 is 27.3 Å². The second-order valence-corrected chi connectivity index (χ2v) is 7.62. The molecule has 0 atom stereocenters. The maximum Gasteiger partial charge on any atom is 0.248 e. The molecule has 4 rings (SSSR count). The molecule has 0 aliphatic carbocycles. The number of carbonyl (C=O) groups excluding carboxylic acids is 1. The van der Waals surface area contributed by atoms with Crippen LogP contribution in [0.5, 0.6) is 5.75 Å². The smallest absolute Gasteiger partial charge is 0.248 e. The Kier molecular flexibility index (Phi) is 5.18. The number of ether oxygens (including phenoxy) is 1. The Hall–Kier alpha value is -3.04. The number of anilines is 1. The zero-order valence-electron chi connectivity index (χ0n) is 14.7. The second kappa shape index (κ2) is 7.91. The average Bonchev–Trinajstić information content (AvgIpc) is 3.29. The van der Waals surface area contributed by atoms with E-state index in [-0.39, 0.29) is 5.91 Å². The first-order chi connectivity index (χ1) is 13.6. The van der Waals surface area contributed by atoms with Crippen molar-refractivity contribution in [3.05, 3.63) is 64.9 Å². The third kappa shape index (κ3) is 3.95. The number of nitrogens with one attached hydrogen (secondary N) is 1. The van der Waals surface area contributed by atoms with Crippen LogP contribution in [0.1, 0.15) is 5.56 Å². The molecule has 0 aliphatic heterocycles. The summed E-state index contributed by atoms with van der Waals surface area (Å²) in [5.74, 6) is 0.468. The van der Waals surface area contributed by atoms with Crippen molar-refractivity contribution < 1.29 is 9.53 Å². The quantitative estimate of drug-likeness (QED) is 0.454. The lowest BCUT2D eigenvalue weighted by Crippen LogP contribution is -2.07. The minimum Gasteiger partial charge on any atom is -0.496 e. The van der Waals surface area contributed by atoms with E-state index in [2.05, 4.69) is 36.5 Å². The Morgan fingerprint density at radius 3 is 2.82 bits per heavy atom. The topological polar surface area (TPSA) is 81.4 Å². The number of rotatable bonds is 5. The van der Waals surface area contributed by atoms with E-state index in [1.54, 1.807) is 24.0 Å². The largest absolute Gasteiger partial charge is 0.496 e. The van der Waals surface area contributed by atoms with Crippen LogP contribution in [0.25, 0.3) is 21.6 Å². The molecule has 1 amide bonds. The fourth-order valence-corrected chi connectivity index (χ4v) is 3.76. The molecule has 0 bridgehead atoms. The monoisotopic (exact) mass is 455 g/mol. The Labute approximate surface area is 172 Å². The number of fused-ring (bicyclic) bond motifs is 1. The summed E-state index contributed by atoms with van der Waals surface area (Å²) < 4.78 is 7.85. The molecule has 0 spiro atoms. The van der Waals surface area contributed by atoms with Gasteiger partial charge >= 0.3 is 0 Å².